The first-order valence-electron chi connectivity index (χ1n) is 9.06. The van der Waals surface area contributed by atoms with E-state index in [4.69, 9.17) is 15.2 Å². The molecule has 0 aromatic heterocycles. The monoisotopic (exact) mass is 396 g/mol. The van der Waals surface area contributed by atoms with E-state index in [1.165, 1.54) is 5.56 Å². The molecule has 1 amide bonds. The van der Waals surface area contributed by atoms with Crippen LogP contribution in [0.4, 0.5) is 0 Å². The van der Waals surface area contributed by atoms with E-state index in [2.05, 4.69) is 37.9 Å². The van der Waals surface area contributed by atoms with Crippen LogP contribution < -0.4 is 15.2 Å². The van der Waals surface area contributed by atoms with E-state index in [0.29, 0.717) is 23.9 Å². The molecule has 0 atom stereocenters. The molecular weight excluding hydrogens is 372 g/mol. The van der Waals surface area contributed by atoms with E-state index >= 15 is 0 Å². The highest BCUT2D eigenvalue weighted by atomic mass is 32.2. The minimum absolute atomic E-state index is 0.120. The van der Waals surface area contributed by atoms with Gasteiger partial charge in [0.25, 0.3) is 5.91 Å². The second kappa shape index (κ2) is 8.52. The van der Waals surface area contributed by atoms with Crippen molar-refractivity contribution < 1.29 is 14.3 Å². The molecule has 0 fully saturated rings. The Morgan fingerprint density at radius 2 is 1.71 bits per heavy atom. The van der Waals surface area contributed by atoms with Crippen molar-refractivity contribution in [2.45, 2.75) is 26.2 Å². The summed E-state index contributed by atoms with van der Waals surface area (Å²) in [6.45, 7) is 7.36. The van der Waals surface area contributed by atoms with Gasteiger partial charge in [-0.1, -0.05) is 51.1 Å². The highest BCUT2D eigenvalue weighted by Gasteiger charge is 2.20. The summed E-state index contributed by atoms with van der Waals surface area (Å²) in [6, 6.07) is 15.6. The van der Waals surface area contributed by atoms with E-state index in [1.807, 2.05) is 36.4 Å². The van der Waals surface area contributed by atoms with Gasteiger partial charge < -0.3 is 15.2 Å². The molecule has 0 spiro atoms. The number of thioether (sulfide) groups is 1. The summed E-state index contributed by atoms with van der Waals surface area (Å²) < 4.78 is 11.6. The molecule has 0 unspecified atom stereocenters. The van der Waals surface area contributed by atoms with Crippen molar-refractivity contribution in [2.75, 3.05) is 13.2 Å². The maximum Gasteiger partial charge on any atom is 0.286 e. The largest absolute Gasteiger partial charge is 0.490 e. The van der Waals surface area contributed by atoms with Crippen molar-refractivity contribution in [3.05, 3.63) is 64.6 Å². The van der Waals surface area contributed by atoms with Crippen LogP contribution in [0.25, 0.3) is 6.08 Å². The molecule has 146 valence electrons. The van der Waals surface area contributed by atoms with Gasteiger partial charge in [-0.15, -0.1) is 0 Å². The first-order valence-corrected chi connectivity index (χ1v) is 9.88. The van der Waals surface area contributed by atoms with Crippen molar-refractivity contribution in [1.29, 1.82) is 0 Å². The molecule has 2 aromatic carbocycles. The third-order valence-corrected chi connectivity index (χ3v) is 4.99. The number of ether oxygens (including phenoxy) is 2. The Labute approximate surface area is 169 Å². The molecule has 0 aliphatic carbocycles. The maximum atomic E-state index is 11.8. The molecule has 28 heavy (non-hydrogen) atoms. The van der Waals surface area contributed by atoms with Crippen LogP contribution in [0, 0.1) is 0 Å². The SMILES string of the molecule is CC(C)(C)c1ccc(OCCOc2ccccc2/C=C2\SC(N)=NC2=O)cc1. The summed E-state index contributed by atoms with van der Waals surface area (Å²) in [6.07, 6.45) is 1.75. The molecule has 1 heterocycles. The second-order valence-electron chi connectivity index (χ2n) is 7.37. The fourth-order valence-electron chi connectivity index (χ4n) is 2.66. The van der Waals surface area contributed by atoms with Crippen LogP contribution in [-0.4, -0.2) is 24.3 Å². The number of nitrogens with zero attached hydrogens (tertiary/aromatic N) is 1. The lowest BCUT2D eigenvalue weighted by molar-refractivity contribution is -0.113. The normalized spacial score (nSPS) is 15.6. The van der Waals surface area contributed by atoms with E-state index < -0.39 is 0 Å². The van der Waals surface area contributed by atoms with E-state index in [1.54, 1.807) is 6.08 Å². The zero-order valence-electron chi connectivity index (χ0n) is 16.3. The van der Waals surface area contributed by atoms with Gasteiger partial charge in [0.2, 0.25) is 0 Å². The number of amides is 1. The van der Waals surface area contributed by atoms with Gasteiger partial charge in [-0.25, -0.2) is 0 Å². The molecule has 1 aliphatic rings. The van der Waals surface area contributed by atoms with Crippen LogP contribution in [0.1, 0.15) is 31.9 Å². The Hall–Kier alpha value is -2.73. The molecule has 1 aliphatic heterocycles. The Balaban J connectivity index is 1.56. The quantitative estimate of drug-likeness (QED) is 0.580. The van der Waals surface area contributed by atoms with Gasteiger partial charge in [0, 0.05) is 5.56 Å². The highest BCUT2D eigenvalue weighted by molar-refractivity contribution is 8.18. The van der Waals surface area contributed by atoms with Gasteiger partial charge >= 0.3 is 0 Å². The number of benzene rings is 2. The maximum absolute atomic E-state index is 11.8. The second-order valence-corrected chi connectivity index (χ2v) is 8.44. The zero-order chi connectivity index (χ0) is 20.1. The Kier molecular flexibility index (Phi) is 6.09. The number of aliphatic imine (C=N–C) groups is 1. The Morgan fingerprint density at radius 1 is 1.04 bits per heavy atom. The fourth-order valence-corrected chi connectivity index (χ4v) is 3.33. The smallest absolute Gasteiger partial charge is 0.286 e. The first kappa shape index (κ1) is 20.0. The molecule has 0 bridgehead atoms. The van der Waals surface area contributed by atoms with Crippen LogP contribution in [0.2, 0.25) is 0 Å². The summed E-state index contributed by atoms with van der Waals surface area (Å²) >= 11 is 1.16. The van der Waals surface area contributed by atoms with E-state index in [0.717, 1.165) is 23.1 Å². The Morgan fingerprint density at radius 3 is 2.36 bits per heavy atom. The van der Waals surface area contributed by atoms with Crippen molar-refractivity contribution in [3.8, 4) is 11.5 Å². The van der Waals surface area contributed by atoms with Crippen molar-refractivity contribution >= 4 is 28.9 Å². The Bertz CT molecular complexity index is 912. The first-order chi connectivity index (χ1) is 13.3. The predicted molar refractivity (Wildman–Crippen MR) is 115 cm³/mol. The molecule has 0 radical (unpaired) electrons. The minimum Gasteiger partial charge on any atom is -0.490 e. The molecule has 0 saturated heterocycles. The van der Waals surface area contributed by atoms with Gasteiger partial charge in [0.15, 0.2) is 5.17 Å². The van der Waals surface area contributed by atoms with Crippen LogP contribution in [-0.2, 0) is 10.2 Å². The van der Waals surface area contributed by atoms with E-state index in [-0.39, 0.29) is 16.5 Å². The van der Waals surface area contributed by atoms with Crippen molar-refractivity contribution in [3.63, 3.8) is 0 Å². The standard InChI is InChI=1S/C22H24N2O3S/c1-22(2,3)16-8-10-17(11-9-16)26-12-13-27-18-7-5-4-6-15(18)14-19-20(25)24-21(23)28-19/h4-11,14H,12-13H2,1-3H3,(H2,23,24,25)/b19-14-. The van der Waals surface area contributed by atoms with Gasteiger partial charge in [0.05, 0.1) is 4.91 Å². The summed E-state index contributed by atoms with van der Waals surface area (Å²) in [5.41, 5.74) is 7.79. The molecule has 0 saturated carbocycles. The average Bonchev–Trinajstić information content (AvgIpc) is 2.96. The van der Waals surface area contributed by atoms with Gasteiger partial charge in [-0.3, -0.25) is 4.79 Å². The highest BCUT2D eigenvalue weighted by Crippen LogP contribution is 2.29. The topological polar surface area (TPSA) is 73.9 Å². The van der Waals surface area contributed by atoms with Crippen LogP contribution >= 0.6 is 11.8 Å². The molecular formula is C22H24N2O3S. The summed E-state index contributed by atoms with van der Waals surface area (Å²) in [5.74, 6) is 1.17. The number of rotatable bonds is 6. The van der Waals surface area contributed by atoms with Crippen LogP contribution in [0.3, 0.4) is 0 Å². The average molecular weight is 397 g/mol. The fraction of sp³-hybridized carbons (Fsp3) is 0.273. The third kappa shape index (κ3) is 5.16. The lowest BCUT2D eigenvalue weighted by Gasteiger charge is -2.19. The molecule has 2 N–H and O–H groups in total. The molecule has 3 rings (SSSR count). The number of carbonyl (C=O) groups excluding carboxylic acids is 1. The molecule has 6 heteroatoms. The number of nitrogens with two attached hydrogens (primary N) is 1. The number of para-hydroxylation sites is 1. The van der Waals surface area contributed by atoms with Gasteiger partial charge in [-0.05, 0) is 47.0 Å². The summed E-state index contributed by atoms with van der Waals surface area (Å²) in [4.78, 5) is 16.0. The van der Waals surface area contributed by atoms with Gasteiger partial charge in [0.1, 0.15) is 24.7 Å². The minimum atomic E-state index is -0.320. The summed E-state index contributed by atoms with van der Waals surface area (Å²) in [7, 11) is 0. The lowest BCUT2D eigenvalue weighted by atomic mass is 9.87. The molecule has 2 aromatic rings. The molecule has 5 nitrogen and oxygen atoms in total. The third-order valence-electron chi connectivity index (χ3n) is 4.17. The number of carbonyl (C=O) groups is 1. The number of hydrogen-bond donors (Lipinski definition) is 1. The van der Waals surface area contributed by atoms with Crippen LogP contribution in [0.5, 0.6) is 11.5 Å². The number of amidine groups is 1. The van der Waals surface area contributed by atoms with Gasteiger partial charge in [-0.2, -0.15) is 4.99 Å². The zero-order valence-corrected chi connectivity index (χ0v) is 17.1. The van der Waals surface area contributed by atoms with Crippen molar-refractivity contribution in [2.24, 2.45) is 10.7 Å². The number of hydrogen-bond acceptors (Lipinski definition) is 5. The van der Waals surface area contributed by atoms with Crippen LogP contribution in [0.15, 0.2) is 58.4 Å². The van der Waals surface area contributed by atoms with Crippen molar-refractivity contribution in [1.82, 2.24) is 0 Å². The summed E-state index contributed by atoms with van der Waals surface area (Å²) in [5, 5.41) is 0.264. The van der Waals surface area contributed by atoms with E-state index in [9.17, 15) is 4.79 Å². The lowest BCUT2D eigenvalue weighted by Crippen LogP contribution is -2.12. The predicted octanol–water partition coefficient (Wildman–Crippen LogP) is 4.37.